The van der Waals surface area contributed by atoms with Gasteiger partial charge < -0.3 is 4.48 Å². The zero-order chi connectivity index (χ0) is 11.5. The third-order valence-corrected chi connectivity index (χ3v) is 3.25. The van der Waals surface area contributed by atoms with Crippen LogP contribution in [0.15, 0.2) is 0 Å². The summed E-state index contributed by atoms with van der Waals surface area (Å²) in [5.41, 5.74) is 0. The molecule has 0 saturated heterocycles. The Morgan fingerprint density at radius 1 is 0.857 bits per heavy atom. The van der Waals surface area contributed by atoms with Gasteiger partial charge in [0.05, 0.1) is 20.1 Å². The molecular weight excluding hydrogens is 172 g/mol. The zero-order valence-corrected chi connectivity index (χ0v) is 11.3. The Morgan fingerprint density at radius 2 is 1.21 bits per heavy atom. The molecule has 0 amide bonds. The third kappa shape index (κ3) is 3.97. The largest absolute Gasteiger partial charge is 0.314 e. The molecule has 2 heteroatoms. The van der Waals surface area contributed by atoms with Crippen LogP contribution < -0.4 is 0 Å². The number of quaternary nitrogens is 1. The maximum absolute atomic E-state index is 2.56. The molecule has 0 heterocycles. The SMILES string of the molecule is CC(C)N(C[N+](C)(C)C(C)C)C(C)C. The number of hydrogen-bond donors (Lipinski definition) is 0. The topological polar surface area (TPSA) is 3.24 Å². The second-order valence-electron chi connectivity index (χ2n) is 5.72. The van der Waals surface area contributed by atoms with Crippen LogP contribution >= 0.6 is 0 Å². The van der Waals surface area contributed by atoms with Gasteiger partial charge in [0.2, 0.25) is 0 Å². The summed E-state index contributed by atoms with van der Waals surface area (Å²) in [7, 11) is 4.62. The first-order valence-electron chi connectivity index (χ1n) is 5.77. The minimum Gasteiger partial charge on any atom is -0.314 e. The molecule has 14 heavy (non-hydrogen) atoms. The van der Waals surface area contributed by atoms with Crippen LogP contribution in [0.4, 0.5) is 0 Å². The summed E-state index contributed by atoms with van der Waals surface area (Å²) < 4.78 is 1.07. The van der Waals surface area contributed by atoms with Crippen molar-refractivity contribution in [2.24, 2.45) is 0 Å². The fraction of sp³-hybridized carbons (Fsp3) is 1.00. The van der Waals surface area contributed by atoms with Crippen molar-refractivity contribution >= 4 is 0 Å². The predicted octanol–water partition coefficient (Wildman–Crippen LogP) is 2.55. The monoisotopic (exact) mass is 201 g/mol. The van der Waals surface area contributed by atoms with Gasteiger partial charge in [0.15, 0.2) is 0 Å². The highest BCUT2D eigenvalue weighted by Crippen LogP contribution is 2.12. The molecule has 0 aliphatic heterocycles. The summed E-state index contributed by atoms with van der Waals surface area (Å²) in [6.07, 6.45) is 0. The lowest BCUT2D eigenvalue weighted by atomic mass is 10.2. The van der Waals surface area contributed by atoms with E-state index in [1.807, 2.05) is 0 Å². The minimum atomic E-state index is 0.631. The Labute approximate surface area is 90.5 Å². The van der Waals surface area contributed by atoms with E-state index in [1.165, 1.54) is 0 Å². The molecule has 0 rings (SSSR count). The van der Waals surface area contributed by atoms with Gasteiger partial charge in [0.25, 0.3) is 0 Å². The number of hydrogen-bond acceptors (Lipinski definition) is 1. The highest BCUT2D eigenvalue weighted by molar-refractivity contribution is 4.64. The van der Waals surface area contributed by atoms with E-state index in [2.05, 4.69) is 60.5 Å². The average molecular weight is 201 g/mol. The van der Waals surface area contributed by atoms with Crippen molar-refractivity contribution in [1.82, 2.24) is 4.90 Å². The maximum Gasteiger partial charge on any atom is 0.135 e. The summed E-state index contributed by atoms with van der Waals surface area (Å²) in [5, 5.41) is 0. The smallest absolute Gasteiger partial charge is 0.135 e. The van der Waals surface area contributed by atoms with Gasteiger partial charge in [0, 0.05) is 12.1 Å². The lowest BCUT2D eigenvalue weighted by Crippen LogP contribution is -2.55. The van der Waals surface area contributed by atoms with Crippen LogP contribution in [0.2, 0.25) is 0 Å². The first kappa shape index (κ1) is 13.9. The zero-order valence-electron chi connectivity index (χ0n) is 11.3. The highest BCUT2D eigenvalue weighted by Gasteiger charge is 2.26. The molecule has 0 atom stereocenters. The highest BCUT2D eigenvalue weighted by atomic mass is 15.4. The van der Waals surface area contributed by atoms with Gasteiger partial charge in [-0.2, -0.15) is 0 Å². The second-order valence-corrected chi connectivity index (χ2v) is 5.72. The van der Waals surface area contributed by atoms with Gasteiger partial charge in [0.1, 0.15) is 6.67 Å². The summed E-state index contributed by atoms with van der Waals surface area (Å²) >= 11 is 0. The predicted molar refractivity (Wildman–Crippen MR) is 64.2 cm³/mol. The van der Waals surface area contributed by atoms with E-state index >= 15 is 0 Å². The molecule has 0 saturated carbocycles. The Bertz CT molecular complexity index is 152. The van der Waals surface area contributed by atoms with Crippen molar-refractivity contribution in [3.05, 3.63) is 0 Å². The molecule has 0 fully saturated rings. The van der Waals surface area contributed by atoms with Gasteiger partial charge >= 0.3 is 0 Å². The molecule has 86 valence electrons. The lowest BCUT2D eigenvalue weighted by molar-refractivity contribution is -0.921. The molecule has 2 nitrogen and oxygen atoms in total. The average Bonchev–Trinajstić information content (AvgIpc) is 1.98. The van der Waals surface area contributed by atoms with Crippen LogP contribution in [0.3, 0.4) is 0 Å². The Kier molecular flexibility index (Phi) is 5.10. The first-order valence-corrected chi connectivity index (χ1v) is 5.77. The normalized spacial score (nSPS) is 13.7. The van der Waals surface area contributed by atoms with Crippen molar-refractivity contribution < 1.29 is 4.48 Å². The number of nitrogens with zero attached hydrogens (tertiary/aromatic N) is 2. The Hall–Kier alpha value is -0.0800. The number of rotatable bonds is 5. The van der Waals surface area contributed by atoms with E-state index in [9.17, 15) is 0 Å². The molecule has 0 aliphatic rings. The van der Waals surface area contributed by atoms with Gasteiger partial charge in [-0.05, 0) is 41.5 Å². The molecule has 0 aromatic carbocycles. The van der Waals surface area contributed by atoms with Crippen LogP contribution in [0.1, 0.15) is 41.5 Å². The fourth-order valence-corrected chi connectivity index (χ4v) is 1.51. The molecule has 0 spiro atoms. The van der Waals surface area contributed by atoms with Gasteiger partial charge in [-0.3, -0.25) is 4.90 Å². The van der Waals surface area contributed by atoms with Crippen LogP contribution in [-0.2, 0) is 0 Å². The van der Waals surface area contributed by atoms with E-state index < -0.39 is 0 Å². The molecule has 0 aromatic rings. The fourth-order valence-electron chi connectivity index (χ4n) is 1.51. The minimum absolute atomic E-state index is 0.631. The first-order chi connectivity index (χ1) is 6.18. The van der Waals surface area contributed by atoms with Crippen molar-refractivity contribution in [1.29, 1.82) is 0 Å². The molecule has 0 aromatic heterocycles. The van der Waals surface area contributed by atoms with Gasteiger partial charge in [-0.1, -0.05) is 0 Å². The van der Waals surface area contributed by atoms with Gasteiger partial charge in [-0.15, -0.1) is 0 Å². The summed E-state index contributed by atoms with van der Waals surface area (Å²) in [6.45, 7) is 14.8. The van der Waals surface area contributed by atoms with E-state index in [4.69, 9.17) is 0 Å². The van der Waals surface area contributed by atoms with E-state index in [1.54, 1.807) is 0 Å². The molecule has 0 unspecified atom stereocenters. The van der Waals surface area contributed by atoms with Crippen LogP contribution in [-0.4, -0.2) is 48.3 Å². The van der Waals surface area contributed by atoms with Crippen molar-refractivity contribution in [3.8, 4) is 0 Å². The maximum atomic E-state index is 2.56. The Balaban J connectivity index is 4.44. The second kappa shape index (κ2) is 5.13. The van der Waals surface area contributed by atoms with Crippen molar-refractivity contribution in [2.75, 3.05) is 20.8 Å². The van der Waals surface area contributed by atoms with Crippen LogP contribution in [0.25, 0.3) is 0 Å². The van der Waals surface area contributed by atoms with Crippen molar-refractivity contribution in [2.45, 2.75) is 59.7 Å². The lowest BCUT2D eigenvalue weighted by Gasteiger charge is -2.41. The summed E-state index contributed by atoms with van der Waals surface area (Å²) in [6, 6.07) is 1.94. The quantitative estimate of drug-likeness (QED) is 0.488. The molecule has 0 radical (unpaired) electrons. The molecule has 0 N–H and O–H groups in total. The third-order valence-electron chi connectivity index (χ3n) is 3.25. The molecule has 0 bridgehead atoms. The Morgan fingerprint density at radius 3 is 1.43 bits per heavy atom. The van der Waals surface area contributed by atoms with Gasteiger partial charge in [-0.25, -0.2) is 0 Å². The summed E-state index contributed by atoms with van der Waals surface area (Å²) in [5.74, 6) is 0. The van der Waals surface area contributed by atoms with Crippen LogP contribution in [0.5, 0.6) is 0 Å². The molecule has 0 aliphatic carbocycles. The standard InChI is InChI=1S/C12H29N2/c1-10(2)13(11(3)4)9-14(7,8)12(5)6/h10-12H,9H2,1-8H3/q+1. The summed E-state index contributed by atoms with van der Waals surface area (Å²) in [4.78, 5) is 2.56. The van der Waals surface area contributed by atoms with E-state index in [0.717, 1.165) is 11.2 Å². The van der Waals surface area contributed by atoms with E-state index in [0.29, 0.717) is 18.1 Å². The van der Waals surface area contributed by atoms with Crippen molar-refractivity contribution in [3.63, 3.8) is 0 Å². The van der Waals surface area contributed by atoms with Crippen LogP contribution in [0, 0.1) is 0 Å². The molecular formula is C12H29N2+. The van der Waals surface area contributed by atoms with E-state index in [-0.39, 0.29) is 0 Å².